The Morgan fingerprint density at radius 3 is 2.65 bits per heavy atom. The van der Waals surface area contributed by atoms with Gasteiger partial charge in [0.1, 0.15) is 6.04 Å². The molecule has 104 valence electrons. The molecule has 1 aromatic rings. The largest absolute Gasteiger partial charge is 0.464 e. The fourth-order valence-corrected chi connectivity index (χ4v) is 1.73. The first kappa shape index (κ1) is 13.7. The van der Waals surface area contributed by atoms with Crippen LogP contribution < -0.4 is 5.32 Å². The van der Waals surface area contributed by atoms with E-state index in [1.54, 1.807) is 0 Å². The minimum Gasteiger partial charge on any atom is -0.464 e. The molecule has 7 nitrogen and oxygen atoms in total. The number of nitro benzene ring substituents is 1. The Morgan fingerprint density at radius 2 is 2.10 bits per heavy atom. The zero-order valence-corrected chi connectivity index (χ0v) is 10.4. The third kappa shape index (κ3) is 3.41. The molecule has 0 aliphatic carbocycles. The van der Waals surface area contributed by atoms with Crippen LogP contribution in [0.15, 0.2) is 30.3 Å². The van der Waals surface area contributed by atoms with Crippen molar-refractivity contribution in [2.24, 2.45) is 0 Å². The lowest BCUT2D eigenvalue weighted by Crippen LogP contribution is -2.36. The molecule has 1 heterocycles. The lowest BCUT2D eigenvalue weighted by Gasteiger charge is -2.05. The number of carbonyl (C=O) groups is 2. The van der Waals surface area contributed by atoms with E-state index >= 15 is 0 Å². The predicted molar refractivity (Wildman–Crippen MR) is 69.6 cm³/mol. The third-order valence-corrected chi connectivity index (χ3v) is 2.78. The number of esters is 1. The zero-order valence-electron chi connectivity index (χ0n) is 10.4. The van der Waals surface area contributed by atoms with Crippen LogP contribution in [0.5, 0.6) is 0 Å². The van der Waals surface area contributed by atoms with Crippen LogP contribution in [0.2, 0.25) is 0 Å². The van der Waals surface area contributed by atoms with Crippen molar-refractivity contribution in [1.82, 2.24) is 5.32 Å². The number of rotatable bonds is 4. The number of cyclic esters (lactones) is 1. The third-order valence-electron chi connectivity index (χ3n) is 2.78. The molecular formula is C13H12N2O5. The molecular weight excluding hydrogens is 264 g/mol. The number of hydrogen-bond acceptors (Lipinski definition) is 5. The van der Waals surface area contributed by atoms with Gasteiger partial charge < -0.3 is 10.1 Å². The van der Waals surface area contributed by atoms with Gasteiger partial charge in [0.15, 0.2) is 0 Å². The normalized spacial score (nSPS) is 18.0. The average Bonchev–Trinajstić information content (AvgIpc) is 2.82. The lowest BCUT2D eigenvalue weighted by molar-refractivity contribution is -0.384. The molecule has 0 bridgehead atoms. The molecule has 1 N–H and O–H groups in total. The predicted octanol–water partition coefficient (Wildman–Crippen LogP) is 1.04. The second-order valence-electron chi connectivity index (χ2n) is 4.20. The summed E-state index contributed by atoms with van der Waals surface area (Å²) >= 11 is 0. The van der Waals surface area contributed by atoms with E-state index < -0.39 is 22.8 Å². The summed E-state index contributed by atoms with van der Waals surface area (Å²) in [5.41, 5.74) is 0.639. The number of nitro groups is 1. The fourth-order valence-electron chi connectivity index (χ4n) is 1.73. The number of amides is 1. The summed E-state index contributed by atoms with van der Waals surface area (Å²) in [6.45, 7) is 0.315. The zero-order chi connectivity index (χ0) is 14.5. The van der Waals surface area contributed by atoms with E-state index in [-0.39, 0.29) is 5.69 Å². The van der Waals surface area contributed by atoms with Gasteiger partial charge in [-0.25, -0.2) is 4.79 Å². The molecule has 7 heteroatoms. The number of nitrogens with one attached hydrogen (secondary N) is 1. The first-order chi connectivity index (χ1) is 9.56. The van der Waals surface area contributed by atoms with E-state index in [4.69, 9.17) is 4.74 Å². The van der Waals surface area contributed by atoms with Crippen LogP contribution >= 0.6 is 0 Å². The Labute approximate surface area is 114 Å². The van der Waals surface area contributed by atoms with E-state index in [2.05, 4.69) is 5.32 Å². The minimum atomic E-state index is -0.594. The van der Waals surface area contributed by atoms with Gasteiger partial charge in [0, 0.05) is 24.6 Å². The van der Waals surface area contributed by atoms with Gasteiger partial charge in [-0.05, 0) is 23.8 Å². The highest BCUT2D eigenvalue weighted by atomic mass is 16.6. The summed E-state index contributed by atoms with van der Waals surface area (Å²) in [7, 11) is 0. The summed E-state index contributed by atoms with van der Waals surface area (Å²) in [6.07, 6.45) is 3.25. The van der Waals surface area contributed by atoms with E-state index in [1.165, 1.54) is 36.4 Å². The van der Waals surface area contributed by atoms with Gasteiger partial charge in [0.25, 0.3) is 5.69 Å². The monoisotopic (exact) mass is 276 g/mol. The molecule has 1 aliphatic rings. The van der Waals surface area contributed by atoms with Gasteiger partial charge >= 0.3 is 5.97 Å². The summed E-state index contributed by atoms with van der Waals surface area (Å²) in [5.74, 6) is -0.839. The van der Waals surface area contributed by atoms with E-state index in [9.17, 15) is 19.7 Å². The first-order valence-electron chi connectivity index (χ1n) is 5.96. The standard InChI is InChI=1S/C13H12N2O5/c16-12(14-11-7-8-20-13(11)17)6-3-9-1-4-10(5-2-9)15(18)19/h1-6,11H,7-8H2,(H,14,16)/b6-3+/t11-/m0/s1. The molecule has 0 radical (unpaired) electrons. The van der Waals surface area contributed by atoms with E-state index in [0.29, 0.717) is 18.6 Å². The molecule has 1 fully saturated rings. The Balaban J connectivity index is 1.93. The Bertz CT molecular complexity index is 565. The second kappa shape index (κ2) is 5.96. The summed E-state index contributed by atoms with van der Waals surface area (Å²) in [4.78, 5) is 32.7. The molecule has 0 spiro atoms. The van der Waals surface area contributed by atoms with Gasteiger partial charge in [-0.15, -0.1) is 0 Å². The smallest absolute Gasteiger partial charge is 0.328 e. The van der Waals surface area contributed by atoms with Crippen molar-refractivity contribution in [1.29, 1.82) is 0 Å². The summed E-state index contributed by atoms with van der Waals surface area (Å²) < 4.78 is 4.72. The maximum absolute atomic E-state index is 11.6. The van der Waals surface area contributed by atoms with Crippen molar-refractivity contribution in [2.45, 2.75) is 12.5 Å². The number of benzene rings is 1. The molecule has 1 aliphatic heterocycles. The van der Waals surface area contributed by atoms with E-state index in [1.807, 2.05) is 0 Å². The van der Waals surface area contributed by atoms with Crippen molar-refractivity contribution in [3.05, 3.63) is 46.0 Å². The quantitative estimate of drug-likeness (QED) is 0.383. The Morgan fingerprint density at radius 1 is 1.40 bits per heavy atom. The Kier molecular flexibility index (Phi) is 4.09. The summed E-state index contributed by atoms with van der Waals surface area (Å²) in [6, 6.07) is 5.18. The molecule has 0 aromatic heterocycles. The van der Waals surface area contributed by atoms with Crippen molar-refractivity contribution >= 4 is 23.6 Å². The topological polar surface area (TPSA) is 98.5 Å². The second-order valence-corrected chi connectivity index (χ2v) is 4.20. The van der Waals surface area contributed by atoms with Crippen LogP contribution in [-0.4, -0.2) is 29.4 Å². The molecule has 2 rings (SSSR count). The highest BCUT2D eigenvalue weighted by Crippen LogP contribution is 2.13. The molecule has 0 unspecified atom stereocenters. The van der Waals surface area contributed by atoms with Crippen LogP contribution in [0.25, 0.3) is 6.08 Å². The average molecular weight is 276 g/mol. The highest BCUT2D eigenvalue weighted by molar-refractivity contribution is 5.94. The van der Waals surface area contributed by atoms with Crippen LogP contribution in [0.4, 0.5) is 5.69 Å². The molecule has 1 aromatic carbocycles. The maximum Gasteiger partial charge on any atom is 0.328 e. The van der Waals surface area contributed by atoms with Crippen LogP contribution in [0.3, 0.4) is 0 Å². The maximum atomic E-state index is 11.6. The van der Waals surface area contributed by atoms with E-state index in [0.717, 1.165) is 0 Å². The van der Waals surface area contributed by atoms with Crippen LogP contribution in [-0.2, 0) is 14.3 Å². The van der Waals surface area contributed by atoms with Gasteiger partial charge in [-0.1, -0.05) is 0 Å². The number of carbonyl (C=O) groups excluding carboxylic acids is 2. The van der Waals surface area contributed by atoms with Gasteiger partial charge in [0.2, 0.25) is 5.91 Å². The van der Waals surface area contributed by atoms with Gasteiger partial charge in [-0.2, -0.15) is 0 Å². The molecule has 0 saturated carbocycles. The molecule has 1 amide bonds. The number of ether oxygens (including phenoxy) is 1. The molecule has 1 saturated heterocycles. The molecule has 20 heavy (non-hydrogen) atoms. The SMILES string of the molecule is O=C(/C=C/c1ccc([N+](=O)[O-])cc1)N[C@H]1CCOC1=O. The van der Waals surface area contributed by atoms with Crippen molar-refractivity contribution in [3.8, 4) is 0 Å². The highest BCUT2D eigenvalue weighted by Gasteiger charge is 2.27. The molecule has 1 atom stereocenters. The lowest BCUT2D eigenvalue weighted by atomic mass is 10.2. The van der Waals surface area contributed by atoms with Crippen LogP contribution in [0.1, 0.15) is 12.0 Å². The van der Waals surface area contributed by atoms with Crippen molar-refractivity contribution < 1.29 is 19.2 Å². The van der Waals surface area contributed by atoms with Gasteiger partial charge in [-0.3, -0.25) is 14.9 Å². The fraction of sp³-hybridized carbons (Fsp3) is 0.231. The minimum absolute atomic E-state index is 0.0136. The summed E-state index contributed by atoms with van der Waals surface area (Å²) in [5, 5.41) is 13.0. The number of hydrogen-bond donors (Lipinski definition) is 1. The first-order valence-corrected chi connectivity index (χ1v) is 5.96. The Hall–Kier alpha value is -2.70. The van der Waals surface area contributed by atoms with Crippen LogP contribution in [0, 0.1) is 10.1 Å². The number of non-ortho nitro benzene ring substituents is 1. The van der Waals surface area contributed by atoms with Crippen molar-refractivity contribution in [3.63, 3.8) is 0 Å². The number of nitrogens with zero attached hydrogens (tertiary/aromatic N) is 1. The van der Waals surface area contributed by atoms with Crippen molar-refractivity contribution in [2.75, 3.05) is 6.61 Å². The van der Waals surface area contributed by atoms with Gasteiger partial charge in [0.05, 0.1) is 11.5 Å².